The van der Waals surface area contributed by atoms with E-state index in [2.05, 4.69) is 31.1 Å². The average Bonchev–Trinajstić information content (AvgIpc) is 2.76. The van der Waals surface area contributed by atoms with Crippen molar-refractivity contribution in [1.29, 1.82) is 0 Å². The summed E-state index contributed by atoms with van der Waals surface area (Å²) in [5.41, 5.74) is 1.29. The third-order valence-corrected chi connectivity index (χ3v) is 3.08. The molecule has 0 radical (unpaired) electrons. The van der Waals surface area contributed by atoms with Crippen LogP contribution >= 0.6 is 0 Å². The van der Waals surface area contributed by atoms with Gasteiger partial charge in [-0.25, -0.2) is 9.97 Å². The Morgan fingerprint density at radius 2 is 2.29 bits per heavy atom. The number of aromatic nitrogens is 4. The number of nitrogens with zero attached hydrogens (tertiary/aromatic N) is 4. The fourth-order valence-corrected chi connectivity index (χ4v) is 2.24. The molecular formula is C12H15N5. The van der Waals surface area contributed by atoms with Gasteiger partial charge in [-0.05, 0) is 25.5 Å². The molecule has 1 unspecified atom stereocenters. The smallest absolute Gasteiger partial charge is 0.129 e. The molecule has 1 aliphatic rings. The number of anilines is 1. The summed E-state index contributed by atoms with van der Waals surface area (Å²) in [7, 11) is 0. The number of rotatable bonds is 2. The van der Waals surface area contributed by atoms with Gasteiger partial charge in [0, 0.05) is 37.1 Å². The predicted octanol–water partition coefficient (Wildman–Crippen LogP) is 1.41. The van der Waals surface area contributed by atoms with Crippen LogP contribution in [0, 0.1) is 6.92 Å². The number of fused-ring (bicyclic) bond motifs is 1. The molecule has 0 spiro atoms. The van der Waals surface area contributed by atoms with Crippen LogP contribution in [0.4, 0.5) is 5.82 Å². The van der Waals surface area contributed by atoms with Gasteiger partial charge in [0.15, 0.2) is 0 Å². The summed E-state index contributed by atoms with van der Waals surface area (Å²) in [5.74, 6) is 1.71. The third-order valence-electron chi connectivity index (χ3n) is 3.08. The fourth-order valence-electron chi connectivity index (χ4n) is 2.24. The molecular weight excluding hydrogens is 214 g/mol. The molecule has 0 amide bonds. The summed E-state index contributed by atoms with van der Waals surface area (Å²) in [6, 6.07) is 4.44. The van der Waals surface area contributed by atoms with Crippen molar-refractivity contribution in [2.75, 3.05) is 5.32 Å². The van der Waals surface area contributed by atoms with Crippen LogP contribution in [0.2, 0.25) is 0 Å². The molecule has 3 rings (SSSR count). The first-order valence-electron chi connectivity index (χ1n) is 5.88. The monoisotopic (exact) mass is 229 g/mol. The zero-order valence-electron chi connectivity index (χ0n) is 9.80. The summed E-state index contributed by atoms with van der Waals surface area (Å²) in [4.78, 5) is 8.46. The van der Waals surface area contributed by atoms with Crippen LogP contribution in [0.5, 0.6) is 0 Å². The Morgan fingerprint density at radius 3 is 3.18 bits per heavy atom. The molecule has 1 atom stereocenters. The molecule has 2 aromatic rings. The van der Waals surface area contributed by atoms with Crippen LogP contribution < -0.4 is 5.32 Å². The van der Waals surface area contributed by atoms with Gasteiger partial charge in [-0.2, -0.15) is 5.10 Å². The van der Waals surface area contributed by atoms with E-state index in [9.17, 15) is 0 Å². The van der Waals surface area contributed by atoms with Crippen molar-refractivity contribution in [2.24, 2.45) is 0 Å². The maximum Gasteiger partial charge on any atom is 0.129 e. The quantitative estimate of drug-likeness (QED) is 0.846. The molecule has 3 heterocycles. The number of hydrogen-bond donors (Lipinski definition) is 1. The summed E-state index contributed by atoms with van der Waals surface area (Å²) in [6.45, 7) is 2.88. The van der Waals surface area contributed by atoms with Gasteiger partial charge < -0.3 is 5.32 Å². The van der Waals surface area contributed by atoms with Gasteiger partial charge in [0.05, 0.1) is 0 Å². The molecule has 1 N–H and O–H groups in total. The lowest BCUT2D eigenvalue weighted by Gasteiger charge is -2.24. The highest BCUT2D eigenvalue weighted by Gasteiger charge is 2.18. The Labute approximate surface area is 99.9 Å². The Balaban J connectivity index is 1.72. The Morgan fingerprint density at radius 1 is 1.35 bits per heavy atom. The van der Waals surface area contributed by atoms with Gasteiger partial charge in [0.1, 0.15) is 11.6 Å². The van der Waals surface area contributed by atoms with Crippen molar-refractivity contribution in [1.82, 2.24) is 19.7 Å². The summed E-state index contributed by atoms with van der Waals surface area (Å²) in [5, 5.41) is 7.74. The van der Waals surface area contributed by atoms with Gasteiger partial charge in [0.2, 0.25) is 0 Å². The molecule has 2 aromatic heterocycles. The van der Waals surface area contributed by atoms with E-state index in [0.717, 1.165) is 31.0 Å². The first-order chi connectivity index (χ1) is 8.31. The Bertz CT molecular complexity index is 519. The maximum atomic E-state index is 4.37. The highest BCUT2D eigenvalue weighted by molar-refractivity contribution is 5.34. The lowest BCUT2D eigenvalue weighted by atomic mass is 10.0. The highest BCUT2D eigenvalue weighted by atomic mass is 15.3. The van der Waals surface area contributed by atoms with Gasteiger partial charge in [0.25, 0.3) is 0 Å². The van der Waals surface area contributed by atoms with Gasteiger partial charge in [-0.1, -0.05) is 0 Å². The van der Waals surface area contributed by atoms with Crippen molar-refractivity contribution < 1.29 is 0 Å². The van der Waals surface area contributed by atoms with Gasteiger partial charge in [-0.3, -0.25) is 4.68 Å². The topological polar surface area (TPSA) is 55.6 Å². The number of hydrogen-bond acceptors (Lipinski definition) is 4. The second-order valence-electron chi connectivity index (χ2n) is 4.37. The van der Waals surface area contributed by atoms with Crippen LogP contribution in [0.25, 0.3) is 0 Å². The van der Waals surface area contributed by atoms with Crippen LogP contribution in [-0.2, 0) is 13.0 Å². The summed E-state index contributed by atoms with van der Waals surface area (Å²) < 4.78 is 2.07. The van der Waals surface area contributed by atoms with Crippen LogP contribution in [0.1, 0.15) is 17.9 Å². The van der Waals surface area contributed by atoms with E-state index in [-0.39, 0.29) is 0 Å². The average molecular weight is 229 g/mol. The van der Waals surface area contributed by atoms with Gasteiger partial charge >= 0.3 is 0 Å². The SMILES string of the molecule is Cc1nccc(NC2CCn3nccc3C2)n1. The molecule has 88 valence electrons. The number of aryl methyl sites for hydroxylation is 2. The van der Waals surface area contributed by atoms with E-state index in [1.165, 1.54) is 5.69 Å². The van der Waals surface area contributed by atoms with Crippen LogP contribution in [0.15, 0.2) is 24.5 Å². The molecule has 0 saturated carbocycles. The van der Waals surface area contributed by atoms with Crippen molar-refractivity contribution >= 4 is 5.82 Å². The molecule has 17 heavy (non-hydrogen) atoms. The standard InChI is InChI=1S/C12H15N5/c1-9-13-5-3-12(15-9)16-10-4-7-17-11(8-10)2-6-14-17/h2-3,5-6,10H,4,7-8H2,1H3,(H,13,15,16). The maximum absolute atomic E-state index is 4.37. The van der Waals surface area contributed by atoms with E-state index in [1.54, 1.807) is 6.20 Å². The van der Waals surface area contributed by atoms with Crippen molar-refractivity contribution in [2.45, 2.75) is 32.4 Å². The fraction of sp³-hybridized carbons (Fsp3) is 0.417. The second-order valence-corrected chi connectivity index (χ2v) is 4.37. The first-order valence-corrected chi connectivity index (χ1v) is 5.88. The minimum Gasteiger partial charge on any atom is -0.367 e. The Hall–Kier alpha value is -1.91. The van der Waals surface area contributed by atoms with E-state index in [1.807, 2.05) is 19.2 Å². The van der Waals surface area contributed by atoms with Crippen LogP contribution in [0.3, 0.4) is 0 Å². The highest BCUT2D eigenvalue weighted by Crippen LogP contribution is 2.17. The predicted molar refractivity (Wildman–Crippen MR) is 64.7 cm³/mol. The summed E-state index contributed by atoms with van der Waals surface area (Å²) in [6.07, 6.45) is 5.74. The molecule has 0 aromatic carbocycles. The zero-order chi connectivity index (χ0) is 11.7. The normalized spacial score (nSPS) is 18.8. The Kier molecular flexibility index (Phi) is 2.51. The minimum atomic E-state index is 0.438. The molecule has 5 heteroatoms. The van der Waals surface area contributed by atoms with E-state index >= 15 is 0 Å². The molecule has 0 fully saturated rings. The zero-order valence-corrected chi connectivity index (χ0v) is 9.80. The number of nitrogens with one attached hydrogen (secondary N) is 1. The molecule has 0 saturated heterocycles. The molecule has 1 aliphatic heterocycles. The second kappa shape index (κ2) is 4.16. The summed E-state index contributed by atoms with van der Waals surface area (Å²) >= 11 is 0. The largest absolute Gasteiger partial charge is 0.367 e. The van der Waals surface area contributed by atoms with Crippen molar-refractivity contribution in [3.63, 3.8) is 0 Å². The lowest BCUT2D eigenvalue weighted by molar-refractivity contribution is 0.455. The lowest BCUT2D eigenvalue weighted by Crippen LogP contribution is -2.30. The van der Waals surface area contributed by atoms with E-state index in [0.29, 0.717) is 6.04 Å². The van der Waals surface area contributed by atoms with E-state index in [4.69, 9.17) is 0 Å². The minimum absolute atomic E-state index is 0.438. The van der Waals surface area contributed by atoms with Gasteiger partial charge in [-0.15, -0.1) is 0 Å². The van der Waals surface area contributed by atoms with Crippen LogP contribution in [-0.4, -0.2) is 25.8 Å². The van der Waals surface area contributed by atoms with E-state index < -0.39 is 0 Å². The molecule has 5 nitrogen and oxygen atoms in total. The third kappa shape index (κ3) is 2.13. The molecule has 0 bridgehead atoms. The van der Waals surface area contributed by atoms with Crippen molar-refractivity contribution in [3.05, 3.63) is 36.0 Å². The first kappa shape index (κ1) is 10.3. The van der Waals surface area contributed by atoms with Crippen molar-refractivity contribution in [3.8, 4) is 0 Å². The molecule has 0 aliphatic carbocycles.